The van der Waals surface area contributed by atoms with Gasteiger partial charge in [0.05, 0.1) is 0 Å². The lowest BCUT2D eigenvalue weighted by Crippen LogP contribution is -2.39. The molecule has 0 saturated heterocycles. The van der Waals surface area contributed by atoms with Crippen molar-refractivity contribution < 1.29 is 10.2 Å². The molecule has 1 fully saturated rings. The number of nitrogens with one attached hydrogen (secondary N) is 1. The van der Waals surface area contributed by atoms with E-state index in [0.29, 0.717) is 11.5 Å². The minimum atomic E-state index is 0.0907. The van der Waals surface area contributed by atoms with Crippen LogP contribution in [-0.2, 0) is 0 Å². The van der Waals surface area contributed by atoms with Crippen LogP contribution >= 0.6 is 0 Å². The molecule has 100 valence electrons. The molecule has 3 N–H and O–H groups in total. The summed E-state index contributed by atoms with van der Waals surface area (Å²) < 4.78 is 0. The fourth-order valence-electron chi connectivity index (χ4n) is 2.93. The Morgan fingerprint density at radius 2 is 2.06 bits per heavy atom. The van der Waals surface area contributed by atoms with E-state index < -0.39 is 0 Å². The van der Waals surface area contributed by atoms with Gasteiger partial charge in [-0.2, -0.15) is 0 Å². The third kappa shape index (κ3) is 2.61. The van der Waals surface area contributed by atoms with Crippen molar-refractivity contribution in [1.82, 2.24) is 5.32 Å². The summed E-state index contributed by atoms with van der Waals surface area (Å²) in [5, 5.41) is 22.8. The SMILES string of the molecule is CC(NC1CCCC1(C)C)c1ccc(O)cc1O. The Morgan fingerprint density at radius 1 is 1.33 bits per heavy atom. The van der Waals surface area contributed by atoms with Crippen molar-refractivity contribution in [2.45, 2.75) is 52.1 Å². The zero-order valence-corrected chi connectivity index (χ0v) is 11.4. The molecule has 3 nitrogen and oxygen atoms in total. The molecule has 0 heterocycles. The number of hydrogen-bond acceptors (Lipinski definition) is 3. The van der Waals surface area contributed by atoms with Crippen LogP contribution in [-0.4, -0.2) is 16.3 Å². The molecular weight excluding hydrogens is 226 g/mol. The van der Waals surface area contributed by atoms with E-state index in [-0.39, 0.29) is 17.5 Å². The lowest BCUT2D eigenvalue weighted by molar-refractivity contribution is 0.264. The summed E-state index contributed by atoms with van der Waals surface area (Å²) in [7, 11) is 0. The van der Waals surface area contributed by atoms with Gasteiger partial charge in [0, 0.05) is 23.7 Å². The van der Waals surface area contributed by atoms with Crippen LogP contribution in [0.4, 0.5) is 0 Å². The van der Waals surface area contributed by atoms with Gasteiger partial charge in [0.2, 0.25) is 0 Å². The average molecular weight is 249 g/mol. The summed E-state index contributed by atoms with van der Waals surface area (Å²) in [6, 6.07) is 5.37. The molecule has 1 saturated carbocycles. The highest BCUT2D eigenvalue weighted by Gasteiger charge is 2.35. The molecule has 0 amide bonds. The van der Waals surface area contributed by atoms with Crippen molar-refractivity contribution in [2.75, 3.05) is 0 Å². The van der Waals surface area contributed by atoms with Gasteiger partial charge in [-0.05, 0) is 31.2 Å². The predicted molar refractivity (Wildman–Crippen MR) is 72.7 cm³/mol. The first kappa shape index (κ1) is 13.2. The number of benzene rings is 1. The van der Waals surface area contributed by atoms with Crippen molar-refractivity contribution in [3.8, 4) is 11.5 Å². The quantitative estimate of drug-likeness (QED) is 0.770. The van der Waals surface area contributed by atoms with Crippen molar-refractivity contribution in [3.05, 3.63) is 23.8 Å². The Labute approximate surface area is 109 Å². The van der Waals surface area contributed by atoms with Gasteiger partial charge >= 0.3 is 0 Å². The van der Waals surface area contributed by atoms with E-state index in [1.165, 1.54) is 25.3 Å². The first-order valence-corrected chi connectivity index (χ1v) is 6.68. The van der Waals surface area contributed by atoms with Crippen molar-refractivity contribution in [1.29, 1.82) is 0 Å². The van der Waals surface area contributed by atoms with Crippen molar-refractivity contribution in [2.24, 2.45) is 5.41 Å². The van der Waals surface area contributed by atoms with Crippen molar-refractivity contribution in [3.63, 3.8) is 0 Å². The Kier molecular flexibility index (Phi) is 3.53. The Hall–Kier alpha value is -1.22. The molecule has 0 aromatic heterocycles. The normalized spacial score (nSPS) is 24.1. The molecule has 1 aliphatic carbocycles. The fourth-order valence-corrected chi connectivity index (χ4v) is 2.93. The lowest BCUT2D eigenvalue weighted by Gasteiger charge is -2.31. The molecule has 1 aromatic carbocycles. The van der Waals surface area contributed by atoms with Crippen LogP contribution in [0.2, 0.25) is 0 Å². The van der Waals surface area contributed by atoms with Gasteiger partial charge in [-0.1, -0.05) is 26.3 Å². The molecule has 3 heteroatoms. The fraction of sp³-hybridized carbons (Fsp3) is 0.600. The van der Waals surface area contributed by atoms with E-state index in [9.17, 15) is 10.2 Å². The smallest absolute Gasteiger partial charge is 0.124 e. The number of hydrogen-bond donors (Lipinski definition) is 3. The third-order valence-electron chi connectivity index (χ3n) is 4.19. The van der Waals surface area contributed by atoms with Gasteiger partial charge in [-0.25, -0.2) is 0 Å². The topological polar surface area (TPSA) is 52.5 Å². The predicted octanol–water partition coefficient (Wildman–Crippen LogP) is 3.33. The summed E-state index contributed by atoms with van der Waals surface area (Å²) in [5.74, 6) is 0.260. The minimum Gasteiger partial charge on any atom is -0.508 e. The van der Waals surface area contributed by atoms with Crippen molar-refractivity contribution >= 4 is 0 Å². The maximum Gasteiger partial charge on any atom is 0.124 e. The molecule has 2 rings (SSSR count). The largest absolute Gasteiger partial charge is 0.508 e. The molecule has 0 radical (unpaired) electrons. The Balaban J connectivity index is 2.10. The summed E-state index contributed by atoms with van der Waals surface area (Å²) >= 11 is 0. The maximum absolute atomic E-state index is 9.87. The van der Waals surface area contributed by atoms with E-state index in [1.54, 1.807) is 12.1 Å². The van der Waals surface area contributed by atoms with Gasteiger partial charge in [0.1, 0.15) is 11.5 Å². The number of phenolic OH excluding ortho intramolecular Hbond substituents is 2. The highest BCUT2D eigenvalue weighted by Crippen LogP contribution is 2.39. The molecule has 18 heavy (non-hydrogen) atoms. The van der Waals surface area contributed by atoms with E-state index in [1.807, 2.05) is 0 Å². The van der Waals surface area contributed by atoms with Crippen LogP contribution < -0.4 is 5.32 Å². The molecule has 0 spiro atoms. The zero-order chi connectivity index (χ0) is 13.3. The van der Waals surface area contributed by atoms with Gasteiger partial charge < -0.3 is 15.5 Å². The van der Waals surface area contributed by atoms with Gasteiger partial charge in [0.15, 0.2) is 0 Å². The van der Waals surface area contributed by atoms with Gasteiger partial charge in [-0.3, -0.25) is 0 Å². The second kappa shape index (κ2) is 4.81. The second-order valence-electron chi connectivity index (χ2n) is 6.06. The highest BCUT2D eigenvalue weighted by molar-refractivity contribution is 5.40. The molecule has 2 atom stereocenters. The zero-order valence-electron chi connectivity index (χ0n) is 11.4. The van der Waals surface area contributed by atoms with E-state index >= 15 is 0 Å². The molecule has 1 aromatic rings. The minimum absolute atomic E-state index is 0.0907. The van der Waals surface area contributed by atoms with Crippen LogP contribution in [0.25, 0.3) is 0 Å². The first-order chi connectivity index (χ1) is 8.40. The van der Waals surface area contributed by atoms with Gasteiger partial charge in [0.25, 0.3) is 0 Å². The molecular formula is C15H23NO2. The molecule has 0 bridgehead atoms. The monoisotopic (exact) mass is 249 g/mol. The number of aromatic hydroxyl groups is 2. The summed E-state index contributed by atoms with van der Waals surface area (Å²) in [6.45, 7) is 6.64. The summed E-state index contributed by atoms with van der Waals surface area (Å²) in [5.41, 5.74) is 1.16. The van der Waals surface area contributed by atoms with E-state index in [4.69, 9.17) is 0 Å². The molecule has 1 aliphatic rings. The summed E-state index contributed by atoms with van der Waals surface area (Å²) in [6.07, 6.45) is 3.70. The van der Waals surface area contributed by atoms with Crippen LogP contribution in [0.5, 0.6) is 11.5 Å². The third-order valence-corrected chi connectivity index (χ3v) is 4.19. The van der Waals surface area contributed by atoms with E-state index in [0.717, 1.165) is 5.56 Å². The van der Waals surface area contributed by atoms with Crippen LogP contribution in [0.1, 0.15) is 51.6 Å². The number of rotatable bonds is 3. The van der Waals surface area contributed by atoms with Gasteiger partial charge in [-0.15, -0.1) is 0 Å². The van der Waals surface area contributed by atoms with Crippen LogP contribution in [0.3, 0.4) is 0 Å². The standard InChI is InChI=1S/C15H23NO2/c1-10(12-7-6-11(17)9-13(12)18)16-14-5-4-8-15(14,2)3/h6-7,9-10,14,16-18H,4-5,8H2,1-3H3. The summed E-state index contributed by atoms with van der Waals surface area (Å²) in [4.78, 5) is 0. The van der Waals surface area contributed by atoms with Crippen LogP contribution in [0, 0.1) is 5.41 Å². The lowest BCUT2D eigenvalue weighted by atomic mass is 9.86. The average Bonchev–Trinajstić information content (AvgIpc) is 2.58. The number of phenols is 2. The Morgan fingerprint density at radius 3 is 2.61 bits per heavy atom. The van der Waals surface area contributed by atoms with E-state index in [2.05, 4.69) is 26.1 Å². The van der Waals surface area contributed by atoms with Crippen LogP contribution in [0.15, 0.2) is 18.2 Å². The maximum atomic E-state index is 9.87. The molecule has 0 aliphatic heterocycles. The Bertz CT molecular complexity index is 429. The first-order valence-electron chi connectivity index (χ1n) is 6.68. The second-order valence-corrected chi connectivity index (χ2v) is 6.06. The highest BCUT2D eigenvalue weighted by atomic mass is 16.3. The molecule has 2 unspecified atom stereocenters.